The first kappa shape index (κ1) is 24.7. The van der Waals surface area contributed by atoms with Gasteiger partial charge in [0, 0.05) is 22.7 Å². The van der Waals surface area contributed by atoms with Crippen LogP contribution in [0.2, 0.25) is 5.02 Å². The van der Waals surface area contributed by atoms with E-state index < -0.39 is 0 Å². The molecule has 0 saturated heterocycles. The number of para-hydroxylation sites is 2. The van der Waals surface area contributed by atoms with E-state index in [1.165, 1.54) is 0 Å². The minimum Gasteiger partial charge on any atom is -0.490 e. The summed E-state index contributed by atoms with van der Waals surface area (Å²) < 4.78 is 12.6. The summed E-state index contributed by atoms with van der Waals surface area (Å²) in [4.78, 5) is 13.8. The normalized spacial score (nSPS) is 18.9. The molecule has 5 nitrogen and oxygen atoms in total. The molecule has 0 fully saturated rings. The van der Waals surface area contributed by atoms with Crippen molar-refractivity contribution in [3.63, 3.8) is 0 Å². The summed E-state index contributed by atoms with van der Waals surface area (Å²) in [6, 6.07) is 19.5. The first-order chi connectivity index (χ1) is 17.5. The number of ketones is 1. The quantitative estimate of drug-likeness (QED) is 0.317. The number of Topliss-reactive ketones (excluding diaryl/α,β-unsaturated/α-hetero) is 1. The lowest BCUT2D eigenvalue weighted by molar-refractivity contribution is -0.116. The molecule has 0 aromatic heterocycles. The second-order valence-corrected chi connectivity index (χ2v) is 10.1. The molecule has 36 heavy (non-hydrogen) atoms. The van der Waals surface area contributed by atoms with Crippen LogP contribution in [0.1, 0.15) is 49.8 Å². The molecular weight excluding hydrogens is 540 g/mol. The molecule has 0 spiro atoms. The highest BCUT2D eigenvalue weighted by Crippen LogP contribution is 2.47. The highest BCUT2D eigenvalue weighted by Gasteiger charge is 2.37. The molecule has 1 heterocycles. The summed E-state index contributed by atoms with van der Waals surface area (Å²) in [7, 11) is 0. The fraction of sp³-hybridized carbons (Fsp3) is 0.276. The zero-order valence-electron chi connectivity index (χ0n) is 20.2. The number of carbonyl (C=O) groups excluding carboxylic acids is 1. The Labute approximate surface area is 225 Å². The van der Waals surface area contributed by atoms with Crippen molar-refractivity contribution in [2.75, 3.05) is 23.8 Å². The average Bonchev–Trinajstić information content (AvgIpc) is 3.03. The van der Waals surface area contributed by atoms with Crippen LogP contribution in [-0.2, 0) is 4.79 Å². The summed E-state index contributed by atoms with van der Waals surface area (Å²) in [5.74, 6) is 1.42. The third kappa shape index (κ3) is 4.72. The highest BCUT2D eigenvalue weighted by molar-refractivity contribution is 9.10. The van der Waals surface area contributed by atoms with E-state index in [9.17, 15) is 4.79 Å². The molecule has 2 atom stereocenters. The van der Waals surface area contributed by atoms with Crippen molar-refractivity contribution >= 4 is 44.7 Å². The number of ether oxygens (including phenoxy) is 2. The molecule has 1 aliphatic heterocycles. The van der Waals surface area contributed by atoms with Crippen molar-refractivity contribution in [2.45, 2.75) is 38.6 Å². The molecule has 0 radical (unpaired) electrons. The first-order valence-electron chi connectivity index (χ1n) is 12.2. The van der Waals surface area contributed by atoms with Gasteiger partial charge in [0.05, 0.1) is 35.1 Å². The number of nitrogens with one attached hydrogen (secondary N) is 2. The van der Waals surface area contributed by atoms with Crippen molar-refractivity contribution in [2.24, 2.45) is 0 Å². The number of benzene rings is 3. The van der Waals surface area contributed by atoms with E-state index in [4.69, 9.17) is 21.1 Å². The number of carbonyl (C=O) groups is 1. The molecule has 0 saturated carbocycles. The van der Waals surface area contributed by atoms with E-state index in [-0.39, 0.29) is 17.7 Å². The zero-order chi connectivity index (χ0) is 25.2. The van der Waals surface area contributed by atoms with Gasteiger partial charge in [0.1, 0.15) is 0 Å². The molecule has 186 valence electrons. The predicted octanol–water partition coefficient (Wildman–Crippen LogP) is 7.88. The topological polar surface area (TPSA) is 59.6 Å². The van der Waals surface area contributed by atoms with Crippen molar-refractivity contribution in [3.8, 4) is 11.5 Å². The van der Waals surface area contributed by atoms with Gasteiger partial charge in [-0.3, -0.25) is 4.79 Å². The molecule has 2 aliphatic rings. The van der Waals surface area contributed by atoms with Gasteiger partial charge in [-0.2, -0.15) is 0 Å². The maximum Gasteiger partial charge on any atom is 0.175 e. The molecule has 7 heteroatoms. The summed E-state index contributed by atoms with van der Waals surface area (Å²) in [5, 5.41) is 7.91. The molecule has 5 rings (SSSR count). The molecule has 0 bridgehead atoms. The zero-order valence-corrected chi connectivity index (χ0v) is 22.6. The predicted molar refractivity (Wildman–Crippen MR) is 148 cm³/mol. The van der Waals surface area contributed by atoms with E-state index in [0.717, 1.165) is 38.2 Å². The number of fused-ring (bicyclic) bond motifs is 1. The van der Waals surface area contributed by atoms with Crippen LogP contribution in [0.15, 0.2) is 76.4 Å². The van der Waals surface area contributed by atoms with Gasteiger partial charge in [0.2, 0.25) is 0 Å². The van der Waals surface area contributed by atoms with Crippen LogP contribution in [0.4, 0.5) is 11.4 Å². The molecule has 3 aromatic carbocycles. The number of halogens is 2. The third-order valence-corrected chi connectivity index (χ3v) is 7.54. The largest absolute Gasteiger partial charge is 0.490 e. The van der Waals surface area contributed by atoms with Gasteiger partial charge < -0.3 is 20.1 Å². The average molecular weight is 568 g/mol. The standard InChI is InChI=1S/C29H28BrClN2O3/c1-3-35-26-16-18(13-20(30)29(26)36-4-2)28-27-24(32-22-11-7-8-12-23(22)33-28)14-17(15-25(27)34)19-9-5-6-10-21(19)31/h5-13,16-17,28,32-33H,3-4,14-15H2,1-2H3. The lowest BCUT2D eigenvalue weighted by atomic mass is 9.78. The maximum atomic E-state index is 13.8. The molecule has 3 aromatic rings. The Morgan fingerprint density at radius 2 is 1.69 bits per heavy atom. The van der Waals surface area contributed by atoms with E-state index >= 15 is 0 Å². The minimum atomic E-state index is -0.359. The molecule has 0 amide bonds. The molecule has 2 N–H and O–H groups in total. The van der Waals surface area contributed by atoms with Crippen LogP contribution < -0.4 is 20.1 Å². The first-order valence-corrected chi connectivity index (χ1v) is 13.4. The molecule has 2 unspecified atom stereocenters. The summed E-state index contributed by atoms with van der Waals surface area (Å²) in [6.45, 7) is 4.91. The van der Waals surface area contributed by atoms with Crippen molar-refractivity contribution in [3.05, 3.63) is 92.6 Å². The van der Waals surface area contributed by atoms with Crippen LogP contribution in [-0.4, -0.2) is 19.0 Å². The van der Waals surface area contributed by atoms with Crippen LogP contribution in [0.3, 0.4) is 0 Å². The monoisotopic (exact) mass is 566 g/mol. The Hall–Kier alpha value is -2.96. The highest BCUT2D eigenvalue weighted by atomic mass is 79.9. The fourth-order valence-electron chi connectivity index (χ4n) is 5.07. The van der Waals surface area contributed by atoms with Gasteiger partial charge in [0.15, 0.2) is 17.3 Å². The summed E-state index contributed by atoms with van der Waals surface area (Å²) in [5.41, 5.74) is 5.46. The van der Waals surface area contributed by atoms with E-state index in [1.807, 2.05) is 74.5 Å². The number of rotatable bonds is 6. The van der Waals surface area contributed by atoms with Gasteiger partial charge >= 0.3 is 0 Å². The summed E-state index contributed by atoms with van der Waals surface area (Å²) in [6.07, 6.45) is 1.09. The Morgan fingerprint density at radius 1 is 0.972 bits per heavy atom. The number of anilines is 2. The van der Waals surface area contributed by atoms with Crippen molar-refractivity contribution in [1.29, 1.82) is 0 Å². The number of hydrogen-bond acceptors (Lipinski definition) is 5. The van der Waals surface area contributed by atoms with E-state index in [1.54, 1.807) is 0 Å². The van der Waals surface area contributed by atoms with Crippen molar-refractivity contribution in [1.82, 2.24) is 0 Å². The Bertz CT molecular complexity index is 1340. The lowest BCUT2D eigenvalue weighted by Gasteiger charge is -2.30. The van der Waals surface area contributed by atoms with Crippen LogP contribution >= 0.6 is 27.5 Å². The van der Waals surface area contributed by atoms with Crippen LogP contribution in [0.25, 0.3) is 0 Å². The van der Waals surface area contributed by atoms with Crippen molar-refractivity contribution < 1.29 is 14.3 Å². The number of hydrogen-bond donors (Lipinski definition) is 2. The van der Waals surface area contributed by atoms with E-state index in [2.05, 4.69) is 26.6 Å². The summed E-state index contributed by atoms with van der Waals surface area (Å²) >= 11 is 10.2. The van der Waals surface area contributed by atoms with Gasteiger partial charge in [0.25, 0.3) is 0 Å². The van der Waals surface area contributed by atoms with E-state index in [0.29, 0.717) is 42.6 Å². The van der Waals surface area contributed by atoms with Crippen LogP contribution in [0.5, 0.6) is 11.5 Å². The SMILES string of the molecule is CCOc1cc(C2Nc3ccccc3NC3=C2C(=O)CC(c2ccccc2Cl)C3)cc(Br)c1OCC. The lowest BCUT2D eigenvalue weighted by Crippen LogP contribution is -2.27. The molecule has 1 aliphatic carbocycles. The fourth-order valence-corrected chi connectivity index (χ4v) is 5.93. The smallest absolute Gasteiger partial charge is 0.175 e. The Morgan fingerprint density at radius 3 is 2.44 bits per heavy atom. The molecular formula is C29H28BrClN2O3. The Balaban J connectivity index is 1.63. The van der Waals surface area contributed by atoms with Gasteiger partial charge in [-0.1, -0.05) is 41.9 Å². The van der Waals surface area contributed by atoms with Gasteiger partial charge in [-0.25, -0.2) is 0 Å². The van der Waals surface area contributed by atoms with Crippen LogP contribution in [0, 0.1) is 0 Å². The van der Waals surface area contributed by atoms with Gasteiger partial charge in [-0.05, 0) is 83.6 Å². The maximum absolute atomic E-state index is 13.8. The second kappa shape index (κ2) is 10.6. The second-order valence-electron chi connectivity index (χ2n) is 8.89. The third-order valence-electron chi connectivity index (χ3n) is 6.61. The number of allylic oxidation sites excluding steroid dienone is 1. The Kier molecular flexibility index (Phi) is 7.26. The van der Waals surface area contributed by atoms with Gasteiger partial charge in [-0.15, -0.1) is 0 Å². The minimum absolute atomic E-state index is 0.00872.